The summed E-state index contributed by atoms with van der Waals surface area (Å²) in [5, 5.41) is 0. The highest BCUT2D eigenvalue weighted by atomic mass is 16.1. The van der Waals surface area contributed by atoms with Gasteiger partial charge in [0.05, 0.1) is 6.54 Å². The number of amides is 1. The first-order chi connectivity index (χ1) is 10.1. The van der Waals surface area contributed by atoms with Gasteiger partial charge in [-0.2, -0.15) is 0 Å². The first-order valence-corrected chi connectivity index (χ1v) is 7.73. The van der Waals surface area contributed by atoms with Crippen LogP contribution in [0.15, 0.2) is 6.07 Å². The van der Waals surface area contributed by atoms with Crippen molar-refractivity contribution in [2.75, 3.05) is 37.6 Å². The molecule has 114 valence electrons. The van der Waals surface area contributed by atoms with Crippen molar-refractivity contribution < 1.29 is 4.79 Å². The summed E-state index contributed by atoms with van der Waals surface area (Å²) >= 11 is 0. The van der Waals surface area contributed by atoms with E-state index >= 15 is 0 Å². The van der Waals surface area contributed by atoms with Gasteiger partial charge in [-0.15, -0.1) is 0 Å². The highest BCUT2D eigenvalue weighted by Gasteiger charge is 2.24. The van der Waals surface area contributed by atoms with Gasteiger partial charge >= 0.3 is 0 Å². The van der Waals surface area contributed by atoms with Gasteiger partial charge in [0.15, 0.2) is 0 Å². The van der Waals surface area contributed by atoms with E-state index in [1.165, 1.54) is 25.0 Å². The second-order valence-corrected chi connectivity index (χ2v) is 6.09. The number of nitrogens with two attached hydrogens (primary N) is 1. The Bertz CT molecular complexity index is 521. The number of carbonyl (C=O) groups excluding carboxylic acids is 1. The smallest absolute Gasteiger partial charge is 0.231 e. The maximum Gasteiger partial charge on any atom is 0.231 e. The van der Waals surface area contributed by atoms with E-state index in [0.29, 0.717) is 12.5 Å². The molecule has 0 bridgehead atoms. The van der Waals surface area contributed by atoms with Crippen molar-refractivity contribution in [3.05, 3.63) is 17.5 Å². The first-order valence-electron chi connectivity index (χ1n) is 7.73. The second kappa shape index (κ2) is 5.97. The fourth-order valence-corrected chi connectivity index (χ4v) is 2.96. The van der Waals surface area contributed by atoms with Gasteiger partial charge in [-0.25, -0.2) is 9.97 Å². The molecule has 0 spiro atoms. The maximum atomic E-state index is 11.0. The second-order valence-electron chi connectivity index (χ2n) is 6.09. The van der Waals surface area contributed by atoms with E-state index in [1.807, 2.05) is 6.92 Å². The number of nitrogens with zero attached hydrogens (tertiary/aromatic N) is 4. The van der Waals surface area contributed by atoms with Crippen LogP contribution >= 0.6 is 0 Å². The lowest BCUT2D eigenvalue weighted by molar-refractivity contribution is -0.119. The van der Waals surface area contributed by atoms with Crippen LogP contribution in [0.3, 0.4) is 0 Å². The van der Waals surface area contributed by atoms with Crippen molar-refractivity contribution in [2.45, 2.75) is 32.1 Å². The Morgan fingerprint density at radius 2 is 2.00 bits per heavy atom. The fourth-order valence-electron chi connectivity index (χ4n) is 2.96. The van der Waals surface area contributed by atoms with Gasteiger partial charge in [0.1, 0.15) is 0 Å². The molecule has 6 heteroatoms. The zero-order valence-electron chi connectivity index (χ0n) is 12.6. The zero-order valence-corrected chi connectivity index (χ0v) is 12.6. The van der Waals surface area contributed by atoms with Gasteiger partial charge in [0, 0.05) is 43.5 Å². The number of carbonyl (C=O) groups is 1. The van der Waals surface area contributed by atoms with Crippen molar-refractivity contribution in [1.82, 2.24) is 14.9 Å². The van der Waals surface area contributed by atoms with E-state index in [-0.39, 0.29) is 5.91 Å². The summed E-state index contributed by atoms with van der Waals surface area (Å²) in [5.41, 5.74) is 7.49. The Morgan fingerprint density at radius 3 is 2.57 bits per heavy atom. The van der Waals surface area contributed by atoms with E-state index in [1.54, 1.807) is 0 Å². The van der Waals surface area contributed by atoms with E-state index in [9.17, 15) is 4.79 Å². The van der Waals surface area contributed by atoms with Crippen LogP contribution in [0, 0.1) is 6.92 Å². The number of rotatable bonds is 4. The van der Waals surface area contributed by atoms with E-state index < -0.39 is 0 Å². The number of hydrogen-bond donors (Lipinski definition) is 1. The number of hydrogen-bond acceptors (Lipinski definition) is 5. The van der Waals surface area contributed by atoms with Crippen LogP contribution < -0.4 is 10.6 Å². The number of piperazine rings is 1. The van der Waals surface area contributed by atoms with E-state index in [0.717, 1.165) is 37.8 Å². The summed E-state index contributed by atoms with van der Waals surface area (Å²) in [6.45, 7) is 5.74. The molecule has 1 aromatic heterocycles. The molecular formula is C15H23N5O. The van der Waals surface area contributed by atoms with Crippen molar-refractivity contribution in [1.29, 1.82) is 0 Å². The lowest BCUT2D eigenvalue weighted by Gasteiger charge is -2.34. The molecule has 1 saturated heterocycles. The van der Waals surface area contributed by atoms with Crippen molar-refractivity contribution in [3.63, 3.8) is 0 Å². The summed E-state index contributed by atoms with van der Waals surface area (Å²) in [6.07, 6.45) is 3.82. The van der Waals surface area contributed by atoms with Crippen LogP contribution in [0.5, 0.6) is 0 Å². The molecule has 2 fully saturated rings. The van der Waals surface area contributed by atoms with E-state index in [4.69, 9.17) is 10.7 Å². The molecule has 1 aliphatic carbocycles. The maximum absolute atomic E-state index is 11.0. The van der Waals surface area contributed by atoms with Gasteiger partial charge in [-0.3, -0.25) is 9.69 Å². The number of aromatic nitrogens is 2. The number of anilines is 1. The monoisotopic (exact) mass is 289 g/mol. The van der Waals surface area contributed by atoms with E-state index in [2.05, 4.69) is 20.9 Å². The summed E-state index contributed by atoms with van der Waals surface area (Å²) in [5.74, 6) is 1.21. The van der Waals surface area contributed by atoms with Crippen LogP contribution in [-0.2, 0) is 4.79 Å². The Morgan fingerprint density at radius 1 is 1.29 bits per heavy atom. The molecule has 1 aliphatic heterocycles. The van der Waals surface area contributed by atoms with Gasteiger partial charge in [-0.1, -0.05) is 6.42 Å². The van der Waals surface area contributed by atoms with Gasteiger partial charge in [0.2, 0.25) is 11.9 Å². The third-order valence-corrected chi connectivity index (χ3v) is 4.42. The third kappa shape index (κ3) is 3.32. The highest BCUT2D eigenvalue weighted by molar-refractivity contribution is 5.75. The molecule has 1 saturated carbocycles. The van der Waals surface area contributed by atoms with Crippen molar-refractivity contribution in [2.24, 2.45) is 5.73 Å². The Hall–Kier alpha value is -1.69. The molecule has 21 heavy (non-hydrogen) atoms. The van der Waals surface area contributed by atoms with Gasteiger partial charge in [-0.05, 0) is 25.8 Å². The molecule has 2 N–H and O–H groups in total. The average molecular weight is 289 g/mol. The Labute approximate surface area is 125 Å². The predicted molar refractivity (Wildman–Crippen MR) is 81.2 cm³/mol. The molecule has 1 amide bonds. The Balaban J connectivity index is 1.67. The highest BCUT2D eigenvalue weighted by Crippen LogP contribution is 2.35. The molecule has 0 aromatic carbocycles. The Kier molecular flexibility index (Phi) is 4.05. The van der Waals surface area contributed by atoms with Crippen molar-refractivity contribution >= 4 is 11.9 Å². The summed E-state index contributed by atoms with van der Waals surface area (Å²) < 4.78 is 0. The summed E-state index contributed by atoms with van der Waals surface area (Å²) in [7, 11) is 0. The minimum absolute atomic E-state index is 0.262. The van der Waals surface area contributed by atoms with Gasteiger partial charge < -0.3 is 10.6 Å². The predicted octanol–water partition coefficient (Wildman–Crippen LogP) is 0.660. The normalized spacial score (nSPS) is 20.3. The number of aryl methyl sites for hydroxylation is 1. The molecule has 2 heterocycles. The van der Waals surface area contributed by atoms with Crippen LogP contribution in [0.25, 0.3) is 0 Å². The standard InChI is InChI=1S/C15H23N5O/c1-11-9-13(12-3-2-4-12)18-15(17-11)20-7-5-19(6-8-20)10-14(16)21/h9,12H,2-8,10H2,1H3,(H2,16,21). The third-order valence-electron chi connectivity index (χ3n) is 4.42. The van der Waals surface area contributed by atoms with Crippen LogP contribution in [0.1, 0.15) is 36.6 Å². The lowest BCUT2D eigenvalue weighted by Crippen LogP contribution is -2.49. The molecule has 6 nitrogen and oxygen atoms in total. The molecule has 3 rings (SSSR count). The van der Waals surface area contributed by atoms with Crippen LogP contribution in [-0.4, -0.2) is 53.5 Å². The SMILES string of the molecule is Cc1cc(C2CCC2)nc(N2CCN(CC(N)=O)CC2)n1. The minimum atomic E-state index is -0.262. The van der Waals surface area contributed by atoms with Gasteiger partial charge in [0.25, 0.3) is 0 Å². The fraction of sp³-hybridized carbons (Fsp3) is 0.667. The number of primary amides is 1. The molecule has 0 radical (unpaired) electrons. The largest absolute Gasteiger partial charge is 0.369 e. The zero-order chi connectivity index (χ0) is 14.8. The topological polar surface area (TPSA) is 75.3 Å². The first kappa shape index (κ1) is 14.3. The average Bonchev–Trinajstić information content (AvgIpc) is 2.36. The molecule has 2 aliphatic rings. The summed E-state index contributed by atoms with van der Waals surface area (Å²) in [4.78, 5) is 24.6. The van der Waals surface area contributed by atoms with Crippen LogP contribution in [0.2, 0.25) is 0 Å². The molecule has 0 atom stereocenters. The molecule has 0 unspecified atom stereocenters. The minimum Gasteiger partial charge on any atom is -0.369 e. The lowest BCUT2D eigenvalue weighted by atomic mass is 9.83. The molecular weight excluding hydrogens is 266 g/mol. The summed E-state index contributed by atoms with van der Waals surface area (Å²) in [6, 6.07) is 2.12. The van der Waals surface area contributed by atoms with Crippen LogP contribution in [0.4, 0.5) is 5.95 Å². The molecule has 1 aromatic rings. The quantitative estimate of drug-likeness (QED) is 0.881. The van der Waals surface area contributed by atoms with Crippen molar-refractivity contribution in [3.8, 4) is 0 Å².